The maximum atomic E-state index is 13.0. The molecule has 30 heavy (non-hydrogen) atoms. The maximum Gasteiger partial charge on any atom is 0.335 e. The highest BCUT2D eigenvalue weighted by Crippen LogP contribution is 2.41. The molecule has 0 unspecified atom stereocenters. The Hall–Kier alpha value is -2.39. The van der Waals surface area contributed by atoms with Crippen LogP contribution in [0.15, 0.2) is 35.4 Å². The predicted molar refractivity (Wildman–Crippen MR) is 111 cm³/mol. The fourth-order valence-electron chi connectivity index (χ4n) is 3.89. The highest BCUT2D eigenvalue weighted by atomic mass is 32.2. The van der Waals surface area contributed by atoms with Crippen molar-refractivity contribution >= 4 is 21.9 Å². The molecule has 0 saturated carbocycles. The molecule has 1 fully saturated rings. The molecular weight excluding hydrogens is 408 g/mol. The van der Waals surface area contributed by atoms with Crippen molar-refractivity contribution in [3.8, 4) is 5.75 Å². The van der Waals surface area contributed by atoms with E-state index in [9.17, 15) is 18.0 Å². The Balaban J connectivity index is 1.70. The molecule has 2 heterocycles. The van der Waals surface area contributed by atoms with Gasteiger partial charge in [-0.25, -0.2) is 17.5 Å². The number of carbonyl (C=O) groups excluding carboxylic acids is 2. The van der Waals surface area contributed by atoms with Gasteiger partial charge in [0, 0.05) is 38.0 Å². The van der Waals surface area contributed by atoms with Gasteiger partial charge in [0.15, 0.2) is 0 Å². The van der Waals surface area contributed by atoms with Crippen molar-refractivity contribution in [2.24, 2.45) is 0 Å². The second-order valence-electron chi connectivity index (χ2n) is 8.04. The lowest BCUT2D eigenvalue weighted by atomic mass is 9.83. The van der Waals surface area contributed by atoms with E-state index < -0.39 is 21.6 Å². The molecule has 8 nitrogen and oxygen atoms in total. The Labute approximate surface area is 177 Å². The molecule has 0 atom stereocenters. The van der Waals surface area contributed by atoms with Crippen LogP contribution in [0.5, 0.6) is 5.75 Å². The number of esters is 1. The number of piperidine rings is 1. The number of benzene rings is 1. The van der Waals surface area contributed by atoms with Gasteiger partial charge in [-0.2, -0.15) is 0 Å². The SMILES string of the molecule is CC1=C(C(=O)NCc2ccc(OC(C)C)cc2)C2(CCN(S(C)(=O)=O)CC2)OC1=O. The molecule has 0 aromatic heterocycles. The summed E-state index contributed by atoms with van der Waals surface area (Å²) in [7, 11) is -3.33. The van der Waals surface area contributed by atoms with E-state index in [0.717, 1.165) is 17.6 Å². The van der Waals surface area contributed by atoms with Gasteiger partial charge in [-0.1, -0.05) is 12.1 Å². The molecule has 1 spiro atoms. The number of nitrogens with one attached hydrogen (secondary N) is 1. The lowest BCUT2D eigenvalue weighted by Crippen LogP contribution is -2.50. The van der Waals surface area contributed by atoms with Gasteiger partial charge in [0.05, 0.1) is 17.9 Å². The summed E-state index contributed by atoms with van der Waals surface area (Å²) in [6.45, 7) is 6.17. The van der Waals surface area contributed by atoms with Crippen molar-refractivity contribution in [3.63, 3.8) is 0 Å². The monoisotopic (exact) mass is 436 g/mol. The topological polar surface area (TPSA) is 102 Å². The molecule has 2 aliphatic rings. The van der Waals surface area contributed by atoms with E-state index in [-0.39, 0.29) is 50.1 Å². The van der Waals surface area contributed by atoms with E-state index >= 15 is 0 Å². The highest BCUT2D eigenvalue weighted by molar-refractivity contribution is 7.88. The molecule has 1 N–H and O–H groups in total. The second kappa shape index (κ2) is 8.39. The highest BCUT2D eigenvalue weighted by Gasteiger charge is 2.51. The predicted octanol–water partition coefficient (Wildman–Crippen LogP) is 1.76. The third-order valence-electron chi connectivity index (χ3n) is 5.40. The van der Waals surface area contributed by atoms with Crippen LogP contribution in [0.1, 0.15) is 39.2 Å². The minimum Gasteiger partial charge on any atom is -0.491 e. The van der Waals surface area contributed by atoms with Gasteiger partial charge in [0.25, 0.3) is 5.91 Å². The van der Waals surface area contributed by atoms with Crippen LogP contribution >= 0.6 is 0 Å². The first-order valence-corrected chi connectivity index (χ1v) is 11.8. The molecule has 0 radical (unpaired) electrons. The number of nitrogens with zero attached hydrogens (tertiary/aromatic N) is 1. The lowest BCUT2D eigenvalue weighted by molar-refractivity contribution is -0.150. The molecule has 164 valence electrons. The molecule has 1 aromatic carbocycles. The van der Waals surface area contributed by atoms with Crippen molar-refractivity contribution in [3.05, 3.63) is 41.0 Å². The van der Waals surface area contributed by atoms with Gasteiger partial charge in [-0.3, -0.25) is 4.79 Å². The van der Waals surface area contributed by atoms with Crippen LogP contribution in [-0.4, -0.2) is 55.6 Å². The van der Waals surface area contributed by atoms with Crippen LogP contribution in [0.2, 0.25) is 0 Å². The number of rotatable bonds is 6. The maximum absolute atomic E-state index is 13.0. The van der Waals surface area contributed by atoms with Crippen molar-refractivity contribution in [2.75, 3.05) is 19.3 Å². The van der Waals surface area contributed by atoms with Crippen molar-refractivity contribution in [2.45, 2.75) is 51.9 Å². The zero-order chi connectivity index (χ0) is 22.1. The summed E-state index contributed by atoms with van der Waals surface area (Å²) < 4.78 is 36.1. The Morgan fingerprint density at radius 1 is 1.23 bits per heavy atom. The van der Waals surface area contributed by atoms with Gasteiger partial charge in [0.2, 0.25) is 10.0 Å². The van der Waals surface area contributed by atoms with Gasteiger partial charge < -0.3 is 14.8 Å². The first-order valence-electron chi connectivity index (χ1n) is 9.95. The minimum absolute atomic E-state index is 0.0793. The number of hydrogen-bond acceptors (Lipinski definition) is 6. The van der Waals surface area contributed by atoms with Crippen LogP contribution < -0.4 is 10.1 Å². The molecule has 2 aliphatic heterocycles. The molecule has 0 bridgehead atoms. The lowest BCUT2D eigenvalue weighted by Gasteiger charge is -2.38. The summed E-state index contributed by atoms with van der Waals surface area (Å²) in [4.78, 5) is 25.2. The molecule has 9 heteroatoms. The Bertz CT molecular complexity index is 958. The largest absolute Gasteiger partial charge is 0.491 e. The molecule has 1 amide bonds. The molecule has 1 aromatic rings. The zero-order valence-electron chi connectivity index (χ0n) is 17.7. The minimum atomic E-state index is -3.33. The summed E-state index contributed by atoms with van der Waals surface area (Å²) in [5.41, 5.74) is 0.409. The number of sulfonamides is 1. The third-order valence-corrected chi connectivity index (χ3v) is 6.70. The van der Waals surface area contributed by atoms with E-state index in [2.05, 4.69) is 5.32 Å². The summed E-state index contributed by atoms with van der Waals surface area (Å²) in [5.74, 6) is -0.137. The first kappa shape index (κ1) is 22.3. The van der Waals surface area contributed by atoms with E-state index in [1.807, 2.05) is 38.1 Å². The van der Waals surface area contributed by atoms with Gasteiger partial charge >= 0.3 is 5.97 Å². The van der Waals surface area contributed by atoms with E-state index in [1.165, 1.54) is 4.31 Å². The van der Waals surface area contributed by atoms with E-state index in [0.29, 0.717) is 5.57 Å². The third kappa shape index (κ3) is 4.67. The zero-order valence-corrected chi connectivity index (χ0v) is 18.5. The average molecular weight is 437 g/mol. The van der Waals surface area contributed by atoms with Crippen LogP contribution in [0, 0.1) is 0 Å². The number of carbonyl (C=O) groups is 2. The smallest absolute Gasteiger partial charge is 0.335 e. The fraction of sp³-hybridized carbons (Fsp3) is 0.524. The first-order chi connectivity index (χ1) is 14.0. The Morgan fingerprint density at radius 3 is 2.37 bits per heavy atom. The van der Waals surface area contributed by atoms with Crippen LogP contribution in [0.4, 0.5) is 0 Å². The average Bonchev–Trinajstić information content (AvgIpc) is 2.90. The van der Waals surface area contributed by atoms with Crippen molar-refractivity contribution < 1.29 is 27.5 Å². The second-order valence-corrected chi connectivity index (χ2v) is 10.0. The normalized spacial score (nSPS) is 19.3. The van der Waals surface area contributed by atoms with Gasteiger partial charge in [-0.15, -0.1) is 0 Å². The van der Waals surface area contributed by atoms with Crippen LogP contribution in [0.25, 0.3) is 0 Å². The van der Waals surface area contributed by atoms with Gasteiger partial charge in [-0.05, 0) is 38.5 Å². The number of amides is 1. The van der Waals surface area contributed by atoms with Crippen molar-refractivity contribution in [1.82, 2.24) is 9.62 Å². The Kier molecular flexibility index (Phi) is 6.24. The summed E-state index contributed by atoms with van der Waals surface area (Å²) in [5, 5.41) is 2.86. The molecule has 3 rings (SSSR count). The fourth-order valence-corrected chi connectivity index (χ4v) is 4.73. The Morgan fingerprint density at radius 2 is 1.83 bits per heavy atom. The van der Waals surface area contributed by atoms with Crippen LogP contribution in [-0.2, 0) is 30.9 Å². The quantitative estimate of drug-likeness (QED) is 0.682. The summed E-state index contributed by atoms with van der Waals surface area (Å²) in [6, 6.07) is 7.43. The molecule has 1 saturated heterocycles. The molecule has 0 aliphatic carbocycles. The summed E-state index contributed by atoms with van der Waals surface area (Å²) >= 11 is 0. The summed E-state index contributed by atoms with van der Waals surface area (Å²) in [6.07, 6.45) is 1.74. The van der Waals surface area contributed by atoms with E-state index in [4.69, 9.17) is 9.47 Å². The van der Waals surface area contributed by atoms with Gasteiger partial charge in [0.1, 0.15) is 11.4 Å². The molecular formula is C21H28N2O6S. The van der Waals surface area contributed by atoms with E-state index in [1.54, 1.807) is 6.92 Å². The van der Waals surface area contributed by atoms with Crippen molar-refractivity contribution in [1.29, 1.82) is 0 Å². The standard InChI is InChI=1S/C21H28N2O6S/c1-14(2)28-17-7-5-16(6-8-17)13-22-19(24)18-15(3)20(25)29-21(18)9-11-23(12-10-21)30(4,26)27/h5-8,14H,9-13H2,1-4H3,(H,22,24). The number of ether oxygens (including phenoxy) is 2. The van der Waals surface area contributed by atoms with Crippen LogP contribution in [0.3, 0.4) is 0 Å². The number of hydrogen-bond donors (Lipinski definition) is 1.